The SMILES string of the molecule is CSCC[C@H](NC(=O)[C@@H]1CCCN1C(=O)[C@H](CCSC)NC(=O)[C@@H]1CCCN1C(=O)[C@H](CCC(=O)O)NC(=O)[C@@H]1CCCN1C(=O)[C@@H](NC(=O)[C@H](CS)NC(=O)[C@H](CC(C)C)NC(=O)[C@@H](N)Cc1c[nH]c2ccccc12)[C@@H](C)O)C(N)=O. The van der Waals surface area contributed by atoms with Gasteiger partial charge < -0.3 is 73.3 Å². The average molecular weight is 1200 g/mol. The van der Waals surface area contributed by atoms with Gasteiger partial charge in [-0.15, -0.1) is 0 Å². The van der Waals surface area contributed by atoms with E-state index in [1.807, 2.05) is 50.6 Å². The van der Waals surface area contributed by atoms with E-state index in [1.165, 1.54) is 40.2 Å². The van der Waals surface area contributed by atoms with Gasteiger partial charge in [0.05, 0.1) is 12.1 Å². The zero-order valence-corrected chi connectivity index (χ0v) is 49.7. The number of carboxylic acid groups (broad SMARTS) is 1. The lowest BCUT2D eigenvalue weighted by Gasteiger charge is -2.33. The Morgan fingerprint density at radius 2 is 1.13 bits per heavy atom. The number of aliphatic hydroxyl groups is 1. The maximum absolute atomic E-state index is 14.5. The third kappa shape index (κ3) is 18.2. The van der Waals surface area contributed by atoms with Gasteiger partial charge in [-0.3, -0.25) is 52.7 Å². The van der Waals surface area contributed by atoms with Crippen LogP contribution >= 0.6 is 36.2 Å². The minimum absolute atomic E-state index is 0.00472. The van der Waals surface area contributed by atoms with Gasteiger partial charge in [-0.2, -0.15) is 36.2 Å². The topological polar surface area (TPSA) is 378 Å². The molecule has 0 bridgehead atoms. The summed E-state index contributed by atoms with van der Waals surface area (Å²) >= 11 is 7.20. The number of aliphatic carboxylic acids is 1. The van der Waals surface area contributed by atoms with Crippen molar-refractivity contribution >= 4 is 112 Å². The van der Waals surface area contributed by atoms with Crippen LogP contribution in [0.2, 0.25) is 0 Å². The number of nitrogens with zero attached hydrogens (tertiary/aromatic N) is 3. The zero-order chi connectivity index (χ0) is 60.4. The summed E-state index contributed by atoms with van der Waals surface area (Å²) in [7, 11) is 0. The van der Waals surface area contributed by atoms with Crippen LogP contribution < -0.4 is 43.4 Å². The van der Waals surface area contributed by atoms with E-state index in [1.54, 1.807) is 6.20 Å². The van der Waals surface area contributed by atoms with E-state index in [0.717, 1.165) is 21.4 Å². The number of carbonyl (C=O) groups excluding carboxylic acids is 10. The van der Waals surface area contributed by atoms with Gasteiger partial charge in [-0.25, -0.2) is 0 Å². The molecular formula is C54H82N12O13S3. The molecule has 11 atom stereocenters. The number of fused-ring (bicyclic) bond motifs is 1. The van der Waals surface area contributed by atoms with Gasteiger partial charge >= 0.3 is 5.97 Å². The molecule has 25 nitrogen and oxygen atoms in total. The van der Waals surface area contributed by atoms with E-state index in [-0.39, 0.29) is 63.4 Å². The van der Waals surface area contributed by atoms with E-state index >= 15 is 0 Å². The number of aliphatic hydroxyl groups excluding tert-OH is 1. The fourth-order valence-electron chi connectivity index (χ4n) is 10.6. The molecule has 82 heavy (non-hydrogen) atoms. The lowest BCUT2D eigenvalue weighted by atomic mass is 10.0. The van der Waals surface area contributed by atoms with Crippen LogP contribution in [-0.4, -0.2) is 211 Å². The highest BCUT2D eigenvalue weighted by Crippen LogP contribution is 2.25. The van der Waals surface area contributed by atoms with Crippen LogP contribution in [0.3, 0.4) is 0 Å². The van der Waals surface area contributed by atoms with E-state index < -0.39 is 144 Å². The highest BCUT2D eigenvalue weighted by molar-refractivity contribution is 7.98. The summed E-state index contributed by atoms with van der Waals surface area (Å²) in [4.78, 5) is 157. The Hall–Kier alpha value is -6.10. The summed E-state index contributed by atoms with van der Waals surface area (Å²) in [5.41, 5.74) is 13.6. The number of carbonyl (C=O) groups is 11. The maximum Gasteiger partial charge on any atom is 0.303 e. The van der Waals surface area contributed by atoms with Crippen LogP contribution in [0.1, 0.15) is 97.0 Å². The van der Waals surface area contributed by atoms with Gasteiger partial charge in [-0.05, 0) is 119 Å². The van der Waals surface area contributed by atoms with E-state index in [9.17, 15) is 63.0 Å². The number of aromatic nitrogens is 1. The number of thiol groups is 1. The number of H-pyrrole nitrogens is 1. The third-order valence-electron chi connectivity index (χ3n) is 14.9. The molecule has 3 saturated heterocycles. The van der Waals surface area contributed by atoms with Crippen LogP contribution in [0, 0.1) is 5.92 Å². The number of hydrogen-bond acceptors (Lipinski definition) is 16. The summed E-state index contributed by atoms with van der Waals surface area (Å²) in [6.45, 7) is 5.20. The number of benzene rings is 1. The molecule has 0 radical (unpaired) electrons. The second-order valence-electron chi connectivity index (χ2n) is 21.5. The largest absolute Gasteiger partial charge is 0.481 e. The van der Waals surface area contributed by atoms with Crippen molar-refractivity contribution in [1.29, 1.82) is 0 Å². The predicted molar refractivity (Wildman–Crippen MR) is 313 cm³/mol. The average Bonchev–Trinajstić information content (AvgIpc) is 4.43. The number of primary amides is 1. The molecule has 0 spiro atoms. The highest BCUT2D eigenvalue weighted by Gasteiger charge is 2.45. The normalized spacial score (nSPS) is 20.0. The summed E-state index contributed by atoms with van der Waals surface area (Å²) in [6, 6.07) is -4.45. The highest BCUT2D eigenvalue weighted by atomic mass is 32.2. The molecule has 0 unspecified atom stereocenters. The van der Waals surface area contributed by atoms with Gasteiger partial charge in [0, 0.05) is 48.9 Å². The fourth-order valence-corrected chi connectivity index (χ4v) is 11.8. The van der Waals surface area contributed by atoms with Gasteiger partial charge in [0.1, 0.15) is 54.4 Å². The second kappa shape index (κ2) is 32.1. The number of rotatable bonds is 31. The summed E-state index contributed by atoms with van der Waals surface area (Å²) in [5.74, 6) is -7.74. The lowest BCUT2D eigenvalue weighted by molar-refractivity contribution is -0.146. The minimum Gasteiger partial charge on any atom is -0.481 e. The summed E-state index contributed by atoms with van der Waals surface area (Å²) in [5, 5.41) is 37.5. The van der Waals surface area contributed by atoms with Gasteiger partial charge in [0.2, 0.25) is 59.1 Å². The van der Waals surface area contributed by atoms with Gasteiger partial charge in [-0.1, -0.05) is 32.0 Å². The van der Waals surface area contributed by atoms with Gasteiger partial charge in [0.25, 0.3) is 0 Å². The summed E-state index contributed by atoms with van der Waals surface area (Å²) < 4.78 is 0. The molecular weight excluding hydrogens is 1120 g/mol. The van der Waals surface area contributed by atoms with Crippen LogP contribution in [0.25, 0.3) is 10.9 Å². The van der Waals surface area contributed by atoms with Crippen molar-refractivity contribution in [3.05, 3.63) is 36.0 Å². The Kier molecular flexibility index (Phi) is 26.1. The van der Waals surface area contributed by atoms with Crippen LogP contribution in [0.4, 0.5) is 0 Å². The number of amides is 10. The molecule has 454 valence electrons. The summed E-state index contributed by atoms with van der Waals surface area (Å²) in [6.07, 6.45) is 5.50. The fraction of sp³-hybridized carbons (Fsp3) is 0.648. The van der Waals surface area contributed by atoms with Crippen LogP contribution in [-0.2, 0) is 59.2 Å². The van der Waals surface area contributed by atoms with E-state index in [0.29, 0.717) is 43.6 Å². The van der Waals surface area contributed by atoms with Crippen LogP contribution in [0.15, 0.2) is 30.5 Å². The Balaban J connectivity index is 1.24. The van der Waals surface area contributed by atoms with Crippen molar-refractivity contribution < 1.29 is 63.0 Å². The number of thioether (sulfide) groups is 2. The molecule has 0 saturated carbocycles. The number of hydrogen-bond donors (Lipinski definition) is 12. The smallest absolute Gasteiger partial charge is 0.303 e. The second-order valence-corrected chi connectivity index (χ2v) is 23.8. The number of nitrogens with one attached hydrogen (secondary N) is 7. The van der Waals surface area contributed by atoms with Crippen molar-refractivity contribution in [3.63, 3.8) is 0 Å². The Morgan fingerprint density at radius 1 is 0.659 bits per heavy atom. The number of carboxylic acids is 1. The zero-order valence-electron chi connectivity index (χ0n) is 47.2. The first-order valence-corrected chi connectivity index (χ1v) is 31.3. The number of para-hydroxylation sites is 1. The van der Waals surface area contributed by atoms with E-state index in [2.05, 4.69) is 49.5 Å². The molecule has 3 aliphatic rings. The molecule has 2 aromatic rings. The monoisotopic (exact) mass is 1200 g/mol. The molecule has 0 aliphatic carbocycles. The molecule has 28 heteroatoms. The molecule has 13 N–H and O–H groups in total. The molecule has 4 heterocycles. The van der Waals surface area contributed by atoms with Crippen molar-refractivity contribution in [2.75, 3.05) is 49.4 Å². The first-order valence-electron chi connectivity index (χ1n) is 27.8. The van der Waals surface area contributed by atoms with Crippen LogP contribution in [0.5, 0.6) is 0 Å². The first kappa shape index (κ1) is 66.7. The maximum atomic E-state index is 14.5. The minimum atomic E-state index is -1.65. The standard InChI is InChI=1S/C54H82N12O13S3/c1-29(2)25-38(61-46(71)33(55)26-31-27-57-34-12-7-6-11-32(31)34)47(72)62-39(28-80)48(73)63-44(30(3)67)54(79)66-22-10-15-42(66)51(76)59-36(16-17-43(68)69)52(77)64-20-9-14-41(64)50(75)60-37(19-24-82-5)53(78)65-21-8-13-40(65)49(74)58-35(45(56)70)18-23-81-4/h6-7,11-12,27,29-30,33,35-42,44,57,67,80H,8-10,13-26,28,55H2,1-5H3,(H2,56,70)(H,58,74)(H,59,76)(H,60,75)(H,61,71)(H,62,72)(H,63,73)(H,68,69)/t30-,33+,35+,36+,37+,38+,39+,40+,41+,42+,44+/m1/s1. The van der Waals surface area contributed by atoms with Crippen molar-refractivity contribution in [2.45, 2.75) is 164 Å². The molecule has 3 fully saturated rings. The third-order valence-corrected chi connectivity index (χ3v) is 16.6. The first-order chi connectivity index (χ1) is 39.0. The number of likely N-dealkylation sites (tertiary alicyclic amines) is 3. The Morgan fingerprint density at radius 3 is 1.62 bits per heavy atom. The van der Waals surface area contributed by atoms with Gasteiger partial charge in [0.15, 0.2) is 0 Å². The number of aromatic amines is 1. The van der Waals surface area contributed by atoms with Crippen molar-refractivity contribution in [3.8, 4) is 0 Å². The Bertz CT molecular complexity index is 2610. The molecule has 10 amide bonds. The molecule has 3 aliphatic heterocycles. The number of nitrogens with two attached hydrogens (primary N) is 2. The van der Waals surface area contributed by atoms with Crippen molar-refractivity contribution in [1.82, 2.24) is 51.6 Å². The quantitative estimate of drug-likeness (QED) is 0.0409. The Labute approximate surface area is 491 Å². The van der Waals surface area contributed by atoms with E-state index in [4.69, 9.17) is 11.5 Å². The van der Waals surface area contributed by atoms with Crippen molar-refractivity contribution in [2.24, 2.45) is 17.4 Å². The molecule has 1 aromatic heterocycles. The molecule has 1 aromatic carbocycles. The lowest BCUT2D eigenvalue weighted by Crippen LogP contribution is -2.62. The predicted octanol–water partition coefficient (Wildman–Crippen LogP) is -0.868. The molecule has 5 rings (SSSR count).